The van der Waals surface area contributed by atoms with Crippen LogP contribution >= 0.6 is 0 Å². The Morgan fingerprint density at radius 1 is 1.38 bits per heavy atom. The molecule has 1 heterocycles. The van der Waals surface area contributed by atoms with E-state index in [1.54, 1.807) is 0 Å². The Balaban J connectivity index is 2.28. The van der Waals surface area contributed by atoms with Crippen LogP contribution in [-0.2, 0) is 13.1 Å². The fourth-order valence-electron chi connectivity index (χ4n) is 2.77. The summed E-state index contributed by atoms with van der Waals surface area (Å²) in [4.78, 5) is 0. The van der Waals surface area contributed by atoms with Crippen LogP contribution in [0.1, 0.15) is 57.1 Å². The summed E-state index contributed by atoms with van der Waals surface area (Å²) in [6, 6.07) is 0. The van der Waals surface area contributed by atoms with Crippen LogP contribution in [0.4, 0.5) is 0 Å². The van der Waals surface area contributed by atoms with E-state index in [2.05, 4.69) is 28.6 Å². The van der Waals surface area contributed by atoms with Gasteiger partial charge in [0, 0.05) is 12.5 Å². The Bertz CT molecular complexity index is 345. The largest absolute Gasteiger partial charge is 0.324 e. The highest BCUT2D eigenvalue weighted by atomic mass is 15.3. The van der Waals surface area contributed by atoms with E-state index in [9.17, 15) is 0 Å². The zero-order chi connectivity index (χ0) is 11.5. The predicted molar refractivity (Wildman–Crippen MR) is 64.0 cm³/mol. The average molecular weight is 222 g/mol. The van der Waals surface area contributed by atoms with Crippen LogP contribution < -0.4 is 5.73 Å². The van der Waals surface area contributed by atoms with Crippen molar-refractivity contribution in [2.45, 2.75) is 58.5 Å². The van der Waals surface area contributed by atoms with Crippen molar-refractivity contribution in [1.82, 2.24) is 14.8 Å². The molecule has 2 unspecified atom stereocenters. The van der Waals surface area contributed by atoms with Gasteiger partial charge in [0.2, 0.25) is 0 Å². The highest BCUT2D eigenvalue weighted by Crippen LogP contribution is 2.38. The maximum Gasteiger partial charge on any atom is 0.146 e. The molecular weight excluding hydrogens is 200 g/mol. The van der Waals surface area contributed by atoms with E-state index < -0.39 is 0 Å². The van der Waals surface area contributed by atoms with Gasteiger partial charge in [0.25, 0.3) is 0 Å². The molecule has 2 N–H and O–H groups in total. The van der Waals surface area contributed by atoms with Crippen molar-refractivity contribution in [3.05, 3.63) is 11.6 Å². The van der Waals surface area contributed by atoms with Gasteiger partial charge in [-0.3, -0.25) is 0 Å². The maximum atomic E-state index is 5.70. The summed E-state index contributed by atoms with van der Waals surface area (Å²) < 4.78 is 2.24. The van der Waals surface area contributed by atoms with E-state index in [1.165, 1.54) is 25.1 Å². The Kier molecular flexibility index (Phi) is 3.59. The Hall–Kier alpha value is -0.900. The fraction of sp³-hybridized carbons (Fsp3) is 0.833. The average Bonchev–Trinajstić information content (AvgIpc) is 2.85. The Labute approximate surface area is 97.2 Å². The highest BCUT2D eigenvalue weighted by molar-refractivity contribution is 5.05. The molecule has 2 rings (SSSR count). The van der Waals surface area contributed by atoms with Crippen LogP contribution in [0.5, 0.6) is 0 Å². The quantitative estimate of drug-likeness (QED) is 0.848. The molecule has 16 heavy (non-hydrogen) atoms. The van der Waals surface area contributed by atoms with E-state index >= 15 is 0 Å². The molecule has 2 atom stereocenters. The SMILES string of the molecule is CCCn1c(CN)nnc1C1CCCC1C. The molecule has 0 amide bonds. The molecule has 1 aromatic rings. The lowest BCUT2D eigenvalue weighted by Crippen LogP contribution is -2.15. The first-order valence-corrected chi connectivity index (χ1v) is 6.40. The van der Waals surface area contributed by atoms with Crippen LogP contribution in [0.15, 0.2) is 0 Å². The summed E-state index contributed by atoms with van der Waals surface area (Å²) >= 11 is 0. The number of rotatable bonds is 4. The zero-order valence-electron chi connectivity index (χ0n) is 10.3. The van der Waals surface area contributed by atoms with Gasteiger partial charge in [0.15, 0.2) is 0 Å². The standard InChI is InChI=1S/C12H22N4/c1-3-7-16-11(8-13)14-15-12(16)10-6-4-5-9(10)2/h9-10H,3-8,13H2,1-2H3. The first-order chi connectivity index (χ1) is 7.77. The van der Waals surface area contributed by atoms with Crippen molar-refractivity contribution in [2.24, 2.45) is 11.7 Å². The Morgan fingerprint density at radius 3 is 2.75 bits per heavy atom. The van der Waals surface area contributed by atoms with Crippen molar-refractivity contribution in [1.29, 1.82) is 0 Å². The molecule has 1 aliphatic carbocycles. The molecule has 0 radical (unpaired) electrons. The lowest BCUT2D eigenvalue weighted by molar-refractivity contribution is 0.476. The predicted octanol–water partition coefficient (Wildman–Crippen LogP) is 2.05. The first kappa shape index (κ1) is 11.6. The zero-order valence-corrected chi connectivity index (χ0v) is 10.3. The number of nitrogens with zero attached hydrogens (tertiary/aromatic N) is 3. The molecule has 0 aromatic carbocycles. The molecule has 1 saturated carbocycles. The number of aromatic nitrogens is 3. The van der Waals surface area contributed by atoms with Crippen LogP contribution in [0.2, 0.25) is 0 Å². The lowest BCUT2D eigenvalue weighted by atomic mass is 9.97. The first-order valence-electron chi connectivity index (χ1n) is 6.40. The molecule has 90 valence electrons. The molecule has 4 nitrogen and oxygen atoms in total. The molecule has 0 saturated heterocycles. The van der Waals surface area contributed by atoms with Gasteiger partial charge in [-0.2, -0.15) is 0 Å². The minimum atomic E-state index is 0.494. The van der Waals surface area contributed by atoms with E-state index in [-0.39, 0.29) is 0 Å². The second-order valence-corrected chi connectivity index (χ2v) is 4.84. The van der Waals surface area contributed by atoms with Crippen molar-refractivity contribution < 1.29 is 0 Å². The molecule has 0 bridgehead atoms. The third-order valence-corrected chi connectivity index (χ3v) is 3.68. The van der Waals surface area contributed by atoms with Gasteiger partial charge in [0.05, 0.1) is 6.54 Å². The van der Waals surface area contributed by atoms with Gasteiger partial charge in [-0.25, -0.2) is 0 Å². The lowest BCUT2D eigenvalue weighted by Gasteiger charge is -2.16. The third kappa shape index (κ3) is 1.98. The highest BCUT2D eigenvalue weighted by Gasteiger charge is 2.29. The monoisotopic (exact) mass is 222 g/mol. The van der Waals surface area contributed by atoms with Crippen LogP contribution in [-0.4, -0.2) is 14.8 Å². The maximum absolute atomic E-state index is 5.70. The van der Waals surface area contributed by atoms with Gasteiger partial charge in [-0.05, 0) is 25.2 Å². The minimum Gasteiger partial charge on any atom is -0.324 e. The van der Waals surface area contributed by atoms with Gasteiger partial charge < -0.3 is 10.3 Å². The second-order valence-electron chi connectivity index (χ2n) is 4.84. The summed E-state index contributed by atoms with van der Waals surface area (Å²) in [6.45, 7) is 6.00. The van der Waals surface area contributed by atoms with Crippen molar-refractivity contribution in [2.75, 3.05) is 0 Å². The van der Waals surface area contributed by atoms with E-state index in [1.807, 2.05) is 0 Å². The summed E-state index contributed by atoms with van der Waals surface area (Å²) in [5, 5.41) is 8.59. The molecule has 0 aliphatic heterocycles. The summed E-state index contributed by atoms with van der Waals surface area (Å²) in [7, 11) is 0. The Morgan fingerprint density at radius 2 is 2.19 bits per heavy atom. The van der Waals surface area contributed by atoms with E-state index in [0.717, 1.165) is 24.7 Å². The van der Waals surface area contributed by atoms with Gasteiger partial charge in [-0.1, -0.05) is 20.3 Å². The molecule has 1 fully saturated rings. The minimum absolute atomic E-state index is 0.494. The van der Waals surface area contributed by atoms with Gasteiger partial charge in [-0.15, -0.1) is 10.2 Å². The fourth-order valence-corrected chi connectivity index (χ4v) is 2.77. The van der Waals surface area contributed by atoms with Gasteiger partial charge in [0.1, 0.15) is 11.6 Å². The number of hydrogen-bond acceptors (Lipinski definition) is 3. The smallest absolute Gasteiger partial charge is 0.146 e. The third-order valence-electron chi connectivity index (χ3n) is 3.68. The van der Waals surface area contributed by atoms with Crippen molar-refractivity contribution >= 4 is 0 Å². The molecule has 1 aromatic heterocycles. The topological polar surface area (TPSA) is 56.7 Å². The van der Waals surface area contributed by atoms with Crippen molar-refractivity contribution in [3.63, 3.8) is 0 Å². The van der Waals surface area contributed by atoms with E-state index in [4.69, 9.17) is 5.73 Å². The normalized spacial score (nSPS) is 25.2. The van der Waals surface area contributed by atoms with Crippen molar-refractivity contribution in [3.8, 4) is 0 Å². The van der Waals surface area contributed by atoms with E-state index in [0.29, 0.717) is 12.5 Å². The van der Waals surface area contributed by atoms with Crippen LogP contribution in [0.25, 0.3) is 0 Å². The summed E-state index contributed by atoms with van der Waals surface area (Å²) in [5.41, 5.74) is 5.70. The molecule has 4 heteroatoms. The van der Waals surface area contributed by atoms with Gasteiger partial charge >= 0.3 is 0 Å². The number of nitrogens with two attached hydrogens (primary N) is 1. The van der Waals surface area contributed by atoms with Crippen LogP contribution in [0.3, 0.4) is 0 Å². The molecule has 1 aliphatic rings. The van der Waals surface area contributed by atoms with Crippen LogP contribution in [0, 0.1) is 5.92 Å². The summed E-state index contributed by atoms with van der Waals surface area (Å²) in [6.07, 6.45) is 5.01. The second kappa shape index (κ2) is 4.95. The number of hydrogen-bond donors (Lipinski definition) is 1. The summed E-state index contributed by atoms with van der Waals surface area (Å²) in [5.74, 6) is 3.45. The molecular formula is C12H22N4. The molecule has 0 spiro atoms.